The van der Waals surface area contributed by atoms with Gasteiger partial charge in [-0.25, -0.2) is 0 Å². The van der Waals surface area contributed by atoms with Crippen molar-refractivity contribution in [3.05, 3.63) is 12.2 Å². The van der Waals surface area contributed by atoms with E-state index in [0.717, 1.165) is 25.8 Å². The van der Waals surface area contributed by atoms with Crippen molar-refractivity contribution in [1.82, 2.24) is 4.90 Å². The highest BCUT2D eigenvalue weighted by Gasteiger charge is 2.35. The predicted molar refractivity (Wildman–Crippen MR) is 66.1 cm³/mol. The van der Waals surface area contributed by atoms with E-state index in [4.69, 9.17) is 0 Å². The number of hydrogen-bond acceptors (Lipinski definition) is 1. The Morgan fingerprint density at radius 3 is 2.56 bits per heavy atom. The average molecular weight is 221 g/mol. The molecule has 1 saturated carbocycles. The molecule has 0 bridgehead atoms. The highest BCUT2D eigenvalue weighted by molar-refractivity contribution is 5.79. The van der Waals surface area contributed by atoms with E-state index in [-0.39, 0.29) is 5.92 Å². The number of carbonyl (C=O) groups is 1. The van der Waals surface area contributed by atoms with Crippen LogP contribution in [0.15, 0.2) is 12.2 Å². The van der Waals surface area contributed by atoms with E-state index >= 15 is 0 Å². The van der Waals surface area contributed by atoms with Gasteiger partial charge in [0, 0.05) is 18.5 Å². The van der Waals surface area contributed by atoms with Crippen LogP contribution in [0.3, 0.4) is 0 Å². The van der Waals surface area contributed by atoms with Crippen LogP contribution in [-0.2, 0) is 4.79 Å². The van der Waals surface area contributed by atoms with E-state index in [0.29, 0.717) is 17.9 Å². The summed E-state index contributed by atoms with van der Waals surface area (Å²) in [6.07, 6.45) is 9.91. The van der Waals surface area contributed by atoms with Crippen molar-refractivity contribution >= 4 is 5.91 Å². The SMILES string of the molecule is CC(C)CN(C(=O)C1CC=CCC1)C1CC1. The first-order valence-electron chi connectivity index (χ1n) is 6.64. The van der Waals surface area contributed by atoms with Gasteiger partial charge in [0.05, 0.1) is 0 Å². The number of carbonyl (C=O) groups excluding carboxylic acids is 1. The summed E-state index contributed by atoms with van der Waals surface area (Å²) in [4.78, 5) is 14.6. The molecule has 1 unspecified atom stereocenters. The minimum atomic E-state index is 0.268. The van der Waals surface area contributed by atoms with Crippen LogP contribution >= 0.6 is 0 Å². The summed E-state index contributed by atoms with van der Waals surface area (Å²) >= 11 is 0. The molecule has 2 aliphatic carbocycles. The van der Waals surface area contributed by atoms with Crippen molar-refractivity contribution in [2.75, 3.05) is 6.54 Å². The van der Waals surface area contributed by atoms with Gasteiger partial charge in [-0.2, -0.15) is 0 Å². The molecule has 0 aromatic rings. The van der Waals surface area contributed by atoms with Crippen molar-refractivity contribution in [1.29, 1.82) is 0 Å². The molecule has 1 atom stereocenters. The van der Waals surface area contributed by atoms with Gasteiger partial charge in [-0.3, -0.25) is 4.79 Å². The van der Waals surface area contributed by atoms with E-state index in [2.05, 4.69) is 30.9 Å². The molecule has 2 rings (SSSR count). The Morgan fingerprint density at radius 1 is 1.31 bits per heavy atom. The van der Waals surface area contributed by atoms with Crippen molar-refractivity contribution in [3.8, 4) is 0 Å². The van der Waals surface area contributed by atoms with Gasteiger partial charge in [0.15, 0.2) is 0 Å². The first kappa shape index (κ1) is 11.7. The first-order chi connectivity index (χ1) is 7.68. The highest BCUT2D eigenvalue weighted by atomic mass is 16.2. The van der Waals surface area contributed by atoms with Crippen LogP contribution in [0.5, 0.6) is 0 Å². The van der Waals surface area contributed by atoms with E-state index < -0.39 is 0 Å². The lowest BCUT2D eigenvalue weighted by Gasteiger charge is -2.29. The molecule has 90 valence electrons. The van der Waals surface area contributed by atoms with Gasteiger partial charge in [0.1, 0.15) is 0 Å². The van der Waals surface area contributed by atoms with Crippen LogP contribution in [-0.4, -0.2) is 23.4 Å². The van der Waals surface area contributed by atoms with Crippen molar-refractivity contribution in [2.24, 2.45) is 11.8 Å². The molecule has 2 aliphatic rings. The molecular formula is C14H23NO. The van der Waals surface area contributed by atoms with Gasteiger partial charge >= 0.3 is 0 Å². The highest BCUT2D eigenvalue weighted by Crippen LogP contribution is 2.31. The fraction of sp³-hybridized carbons (Fsp3) is 0.786. The van der Waals surface area contributed by atoms with E-state index in [9.17, 15) is 4.79 Å². The molecule has 0 saturated heterocycles. The quantitative estimate of drug-likeness (QED) is 0.668. The molecule has 2 heteroatoms. The lowest BCUT2D eigenvalue weighted by atomic mass is 9.92. The van der Waals surface area contributed by atoms with Gasteiger partial charge in [-0.05, 0) is 38.0 Å². The third kappa shape index (κ3) is 2.87. The van der Waals surface area contributed by atoms with Crippen molar-refractivity contribution < 1.29 is 4.79 Å². The molecule has 0 N–H and O–H groups in total. The number of rotatable bonds is 4. The summed E-state index contributed by atoms with van der Waals surface area (Å²) < 4.78 is 0. The average Bonchev–Trinajstić information content (AvgIpc) is 3.10. The molecular weight excluding hydrogens is 198 g/mol. The number of nitrogens with zero attached hydrogens (tertiary/aromatic N) is 1. The monoisotopic (exact) mass is 221 g/mol. The molecule has 1 amide bonds. The second-order valence-corrected chi connectivity index (χ2v) is 5.60. The molecule has 2 nitrogen and oxygen atoms in total. The number of hydrogen-bond donors (Lipinski definition) is 0. The second-order valence-electron chi connectivity index (χ2n) is 5.60. The summed E-state index contributed by atoms with van der Waals surface area (Å²) in [5.74, 6) is 1.27. The minimum absolute atomic E-state index is 0.268. The first-order valence-corrected chi connectivity index (χ1v) is 6.64. The third-order valence-corrected chi connectivity index (χ3v) is 3.45. The molecule has 0 aromatic heterocycles. The molecule has 0 radical (unpaired) electrons. The maximum Gasteiger partial charge on any atom is 0.226 e. The Labute approximate surface area is 98.7 Å². The topological polar surface area (TPSA) is 20.3 Å². The van der Waals surface area contributed by atoms with Crippen LogP contribution in [0.1, 0.15) is 46.0 Å². The summed E-state index contributed by atoms with van der Waals surface area (Å²) in [5, 5.41) is 0. The van der Waals surface area contributed by atoms with E-state index in [1.807, 2.05) is 0 Å². The Kier molecular flexibility index (Phi) is 3.67. The summed E-state index contributed by atoms with van der Waals surface area (Å²) in [5.41, 5.74) is 0. The normalized spacial score (nSPS) is 24.8. The van der Waals surface area contributed by atoms with Crippen molar-refractivity contribution in [3.63, 3.8) is 0 Å². The smallest absolute Gasteiger partial charge is 0.226 e. The van der Waals surface area contributed by atoms with Gasteiger partial charge in [0.2, 0.25) is 5.91 Å². The van der Waals surface area contributed by atoms with Gasteiger partial charge in [0.25, 0.3) is 0 Å². The molecule has 0 aliphatic heterocycles. The zero-order valence-electron chi connectivity index (χ0n) is 10.5. The molecule has 16 heavy (non-hydrogen) atoms. The fourth-order valence-electron chi connectivity index (χ4n) is 2.45. The van der Waals surface area contributed by atoms with Gasteiger partial charge < -0.3 is 4.90 Å². The summed E-state index contributed by atoms with van der Waals surface area (Å²) in [7, 11) is 0. The zero-order valence-corrected chi connectivity index (χ0v) is 10.5. The lowest BCUT2D eigenvalue weighted by molar-refractivity contribution is -0.136. The zero-order chi connectivity index (χ0) is 11.5. The molecule has 0 aromatic carbocycles. The lowest BCUT2D eigenvalue weighted by Crippen LogP contribution is -2.40. The molecule has 0 heterocycles. The number of allylic oxidation sites excluding steroid dienone is 2. The van der Waals surface area contributed by atoms with Crippen LogP contribution in [0.25, 0.3) is 0 Å². The van der Waals surface area contributed by atoms with Crippen LogP contribution < -0.4 is 0 Å². The standard InChI is InChI=1S/C14H23NO/c1-11(2)10-15(13-8-9-13)14(16)12-6-4-3-5-7-12/h3-4,11-13H,5-10H2,1-2H3. The second kappa shape index (κ2) is 5.03. The maximum atomic E-state index is 12.4. The van der Waals surface area contributed by atoms with Crippen LogP contribution in [0.2, 0.25) is 0 Å². The van der Waals surface area contributed by atoms with Gasteiger partial charge in [-0.1, -0.05) is 26.0 Å². The van der Waals surface area contributed by atoms with Crippen molar-refractivity contribution in [2.45, 2.75) is 52.0 Å². The Bertz CT molecular complexity index is 278. The Morgan fingerprint density at radius 2 is 2.06 bits per heavy atom. The Balaban J connectivity index is 1.95. The summed E-state index contributed by atoms with van der Waals surface area (Å²) in [6.45, 7) is 5.34. The fourth-order valence-corrected chi connectivity index (χ4v) is 2.45. The van der Waals surface area contributed by atoms with E-state index in [1.165, 1.54) is 12.8 Å². The van der Waals surface area contributed by atoms with Crippen LogP contribution in [0, 0.1) is 11.8 Å². The maximum absolute atomic E-state index is 12.4. The van der Waals surface area contributed by atoms with Crippen LogP contribution in [0.4, 0.5) is 0 Å². The minimum Gasteiger partial charge on any atom is -0.339 e. The summed E-state index contributed by atoms with van der Waals surface area (Å²) in [6, 6.07) is 0.570. The largest absolute Gasteiger partial charge is 0.339 e. The Hall–Kier alpha value is -0.790. The van der Waals surface area contributed by atoms with E-state index in [1.54, 1.807) is 0 Å². The number of amides is 1. The predicted octanol–water partition coefficient (Wildman–Crippen LogP) is 2.99. The van der Waals surface area contributed by atoms with Gasteiger partial charge in [-0.15, -0.1) is 0 Å². The molecule has 1 fully saturated rings. The molecule has 0 spiro atoms. The third-order valence-electron chi connectivity index (χ3n) is 3.45.